The average Bonchev–Trinajstić information content (AvgIpc) is 3.30. The van der Waals surface area contributed by atoms with Crippen LogP contribution in [0.5, 0.6) is 0 Å². The number of carboxylic acid groups (broad SMARTS) is 1. The Morgan fingerprint density at radius 3 is 2.73 bits per heavy atom. The Hall–Kier alpha value is -2.56. The Bertz CT molecular complexity index is 1070. The molecule has 0 saturated carbocycles. The van der Waals surface area contributed by atoms with Gasteiger partial charge in [0.15, 0.2) is 5.65 Å². The normalized spacial score (nSPS) is 11.7. The van der Waals surface area contributed by atoms with Gasteiger partial charge < -0.3 is 19.7 Å². The lowest BCUT2D eigenvalue weighted by molar-refractivity contribution is 0.0695. The van der Waals surface area contributed by atoms with E-state index in [2.05, 4.69) is 34.9 Å². The maximum Gasteiger partial charge on any atom is 0.339 e. The number of fused-ring (bicyclic) bond motifs is 1. The van der Waals surface area contributed by atoms with Crippen LogP contribution in [0, 0.1) is 0 Å². The molecule has 3 heterocycles. The topological polar surface area (TPSA) is 106 Å². The molecule has 3 rings (SSSR count). The number of carbonyl (C=O) groups is 2. The van der Waals surface area contributed by atoms with E-state index in [1.54, 1.807) is 22.9 Å². The summed E-state index contributed by atoms with van der Waals surface area (Å²) >= 11 is 1.29. The number of nitrogens with one attached hydrogen (secondary N) is 1. The highest BCUT2D eigenvalue weighted by Crippen LogP contribution is 2.29. The van der Waals surface area contributed by atoms with E-state index in [0.717, 1.165) is 10.9 Å². The molecule has 30 heavy (non-hydrogen) atoms. The maximum atomic E-state index is 12.0. The smallest absolute Gasteiger partial charge is 0.339 e. The lowest BCUT2D eigenvalue weighted by Crippen LogP contribution is -2.22. The molecule has 3 aromatic rings. The molecule has 0 atom stereocenters. The predicted molar refractivity (Wildman–Crippen MR) is 120 cm³/mol. The van der Waals surface area contributed by atoms with Gasteiger partial charge in [-0.05, 0) is 25.1 Å². The van der Waals surface area contributed by atoms with Crippen molar-refractivity contribution in [3.05, 3.63) is 35.0 Å². The second-order valence-electron chi connectivity index (χ2n) is 8.12. The van der Waals surface area contributed by atoms with Crippen LogP contribution in [0.4, 0.5) is 0 Å². The SMILES string of the molecule is CCNC(=O)c1ccc(-c2cnc3c(n2)c(C(=O)O)cn3COCC[Si](C)(C)C)s1. The summed E-state index contributed by atoms with van der Waals surface area (Å²) in [6, 6.07) is 4.55. The largest absolute Gasteiger partial charge is 0.478 e. The fourth-order valence-electron chi connectivity index (χ4n) is 2.81. The molecule has 0 unspecified atom stereocenters. The molecule has 10 heteroatoms. The Labute approximate surface area is 179 Å². The number of ether oxygens (including phenoxy) is 1. The zero-order valence-corrected chi connectivity index (χ0v) is 19.4. The van der Waals surface area contributed by atoms with Gasteiger partial charge >= 0.3 is 5.97 Å². The molecular weight excluding hydrogens is 420 g/mol. The predicted octanol–water partition coefficient (Wildman–Crippen LogP) is 3.92. The van der Waals surface area contributed by atoms with Gasteiger partial charge in [0.2, 0.25) is 0 Å². The van der Waals surface area contributed by atoms with E-state index in [4.69, 9.17) is 4.74 Å². The summed E-state index contributed by atoms with van der Waals surface area (Å²) in [6.07, 6.45) is 3.11. The standard InChI is InChI=1S/C20H26N4O4SSi/c1-5-21-19(25)16-7-6-15(29-16)14-10-22-18-17(23-14)13(20(26)27)11-24(18)12-28-8-9-30(2,3)4/h6-7,10-11H,5,8-9,12H2,1-4H3,(H,21,25)(H,26,27). The summed E-state index contributed by atoms with van der Waals surface area (Å²) < 4.78 is 7.43. The van der Waals surface area contributed by atoms with E-state index in [-0.39, 0.29) is 18.2 Å². The minimum absolute atomic E-state index is 0.0775. The van der Waals surface area contributed by atoms with E-state index in [1.165, 1.54) is 17.5 Å². The summed E-state index contributed by atoms with van der Waals surface area (Å²) in [5.74, 6) is -1.21. The molecule has 0 bridgehead atoms. The number of nitrogens with zero attached hydrogens (tertiary/aromatic N) is 3. The maximum absolute atomic E-state index is 12.0. The molecule has 0 radical (unpaired) electrons. The third kappa shape index (κ3) is 5.13. The van der Waals surface area contributed by atoms with Gasteiger partial charge in [0.25, 0.3) is 5.91 Å². The van der Waals surface area contributed by atoms with E-state index in [0.29, 0.717) is 34.9 Å². The number of aromatic nitrogens is 3. The molecule has 0 aromatic carbocycles. The number of thiophene rings is 1. The van der Waals surface area contributed by atoms with Crippen molar-refractivity contribution in [1.29, 1.82) is 0 Å². The number of carbonyl (C=O) groups excluding carboxylic acids is 1. The lowest BCUT2D eigenvalue weighted by Gasteiger charge is -2.15. The van der Waals surface area contributed by atoms with E-state index < -0.39 is 14.0 Å². The number of amides is 1. The molecule has 0 aliphatic carbocycles. The molecule has 160 valence electrons. The summed E-state index contributed by atoms with van der Waals surface area (Å²) in [7, 11) is -1.20. The minimum atomic E-state index is -1.20. The highest BCUT2D eigenvalue weighted by Gasteiger charge is 2.19. The van der Waals surface area contributed by atoms with Crippen LogP contribution in [0.3, 0.4) is 0 Å². The Morgan fingerprint density at radius 1 is 1.30 bits per heavy atom. The van der Waals surface area contributed by atoms with Crippen LogP contribution >= 0.6 is 11.3 Å². The molecule has 0 aliphatic heterocycles. The van der Waals surface area contributed by atoms with Gasteiger partial charge in [0, 0.05) is 27.4 Å². The Balaban J connectivity index is 1.87. The fourth-order valence-corrected chi connectivity index (χ4v) is 4.45. The third-order valence-corrected chi connectivity index (χ3v) is 7.25. The van der Waals surface area contributed by atoms with Crippen molar-refractivity contribution in [1.82, 2.24) is 19.9 Å². The van der Waals surface area contributed by atoms with Crippen molar-refractivity contribution in [2.24, 2.45) is 0 Å². The molecule has 3 aromatic heterocycles. The van der Waals surface area contributed by atoms with Crippen LogP contribution in [0.2, 0.25) is 25.7 Å². The van der Waals surface area contributed by atoms with Crippen LogP contribution in [0.25, 0.3) is 21.7 Å². The number of aromatic carboxylic acids is 1. The van der Waals surface area contributed by atoms with Crippen LogP contribution < -0.4 is 5.32 Å². The van der Waals surface area contributed by atoms with Crippen LogP contribution in [0.15, 0.2) is 24.5 Å². The second-order valence-corrected chi connectivity index (χ2v) is 14.8. The Morgan fingerprint density at radius 2 is 2.07 bits per heavy atom. The molecule has 0 spiro atoms. The average molecular weight is 447 g/mol. The fraction of sp³-hybridized carbons (Fsp3) is 0.400. The van der Waals surface area contributed by atoms with Crippen LogP contribution in [-0.2, 0) is 11.5 Å². The van der Waals surface area contributed by atoms with Gasteiger partial charge in [0.1, 0.15) is 17.8 Å². The summed E-state index contributed by atoms with van der Waals surface area (Å²) in [5.41, 5.74) is 1.38. The van der Waals surface area contributed by atoms with Crippen molar-refractivity contribution in [3.8, 4) is 10.6 Å². The first-order chi connectivity index (χ1) is 14.2. The third-order valence-electron chi connectivity index (χ3n) is 4.44. The zero-order valence-electron chi connectivity index (χ0n) is 17.6. The van der Waals surface area contributed by atoms with E-state index in [1.807, 2.05) is 6.92 Å². The first kappa shape index (κ1) is 22.1. The molecule has 0 fully saturated rings. The first-order valence-electron chi connectivity index (χ1n) is 9.75. The summed E-state index contributed by atoms with van der Waals surface area (Å²) in [4.78, 5) is 34.1. The van der Waals surface area contributed by atoms with Gasteiger partial charge in [-0.3, -0.25) is 4.79 Å². The van der Waals surface area contributed by atoms with Crippen molar-refractivity contribution in [2.75, 3.05) is 13.2 Å². The molecule has 2 N–H and O–H groups in total. The quantitative estimate of drug-likeness (QED) is 0.381. The zero-order chi connectivity index (χ0) is 21.9. The molecule has 0 aliphatic rings. The number of hydrogen-bond donors (Lipinski definition) is 2. The van der Waals surface area contributed by atoms with Gasteiger partial charge in [-0.1, -0.05) is 19.6 Å². The van der Waals surface area contributed by atoms with E-state index >= 15 is 0 Å². The van der Waals surface area contributed by atoms with Crippen molar-refractivity contribution < 1.29 is 19.4 Å². The highest BCUT2D eigenvalue weighted by molar-refractivity contribution is 7.17. The monoisotopic (exact) mass is 446 g/mol. The minimum Gasteiger partial charge on any atom is -0.478 e. The first-order valence-corrected chi connectivity index (χ1v) is 14.3. The van der Waals surface area contributed by atoms with E-state index in [9.17, 15) is 14.7 Å². The number of hydrogen-bond acceptors (Lipinski definition) is 6. The number of carboxylic acids is 1. The highest BCUT2D eigenvalue weighted by atomic mass is 32.1. The molecule has 8 nitrogen and oxygen atoms in total. The van der Waals surface area contributed by atoms with Gasteiger partial charge in [0.05, 0.1) is 21.6 Å². The number of rotatable bonds is 9. The summed E-state index contributed by atoms with van der Waals surface area (Å²) in [5, 5.41) is 12.4. The van der Waals surface area contributed by atoms with Crippen LogP contribution in [-0.4, -0.2) is 52.7 Å². The summed E-state index contributed by atoms with van der Waals surface area (Å²) in [6.45, 7) is 10.1. The van der Waals surface area contributed by atoms with Crippen LogP contribution in [0.1, 0.15) is 27.0 Å². The Kier molecular flexibility index (Phi) is 6.69. The molecular formula is C20H26N4O4SSi. The van der Waals surface area contributed by atoms with Gasteiger partial charge in [-0.2, -0.15) is 0 Å². The lowest BCUT2D eigenvalue weighted by atomic mass is 10.3. The van der Waals surface area contributed by atoms with Gasteiger partial charge in [-0.25, -0.2) is 14.8 Å². The molecule has 0 saturated heterocycles. The van der Waals surface area contributed by atoms with Crippen molar-refractivity contribution in [3.63, 3.8) is 0 Å². The molecule has 1 amide bonds. The van der Waals surface area contributed by atoms with Gasteiger partial charge in [-0.15, -0.1) is 11.3 Å². The van der Waals surface area contributed by atoms with Crippen molar-refractivity contribution in [2.45, 2.75) is 39.3 Å². The second kappa shape index (κ2) is 9.07. The van der Waals surface area contributed by atoms with Crippen molar-refractivity contribution >= 4 is 42.5 Å².